The van der Waals surface area contributed by atoms with Crippen LogP contribution in [0.4, 0.5) is 0 Å². The van der Waals surface area contributed by atoms with E-state index in [0.717, 1.165) is 12.8 Å². The number of aromatic nitrogens is 2. The molecule has 1 aromatic rings. The second kappa shape index (κ2) is 4.30. The molecule has 0 N–H and O–H groups in total. The van der Waals surface area contributed by atoms with Crippen LogP contribution >= 0.6 is 0 Å². The predicted molar refractivity (Wildman–Crippen MR) is 61.7 cm³/mol. The number of aryl methyl sites for hydroxylation is 2. The normalized spacial score (nSPS) is 20.9. The second-order valence-electron chi connectivity index (χ2n) is 5.37. The molecule has 0 unspecified atom stereocenters. The van der Waals surface area contributed by atoms with Crippen molar-refractivity contribution in [1.82, 2.24) is 9.97 Å². The van der Waals surface area contributed by atoms with Crippen LogP contribution in [0, 0.1) is 5.41 Å². The third-order valence-corrected chi connectivity index (χ3v) is 3.47. The van der Waals surface area contributed by atoms with Gasteiger partial charge in [-0.05, 0) is 43.1 Å². The number of hydrogen-bond acceptors (Lipinski definition) is 2. The smallest absolute Gasteiger partial charge is 0.115 e. The first-order chi connectivity index (χ1) is 7.17. The van der Waals surface area contributed by atoms with Crippen LogP contribution in [0.2, 0.25) is 0 Å². The van der Waals surface area contributed by atoms with Gasteiger partial charge in [-0.25, -0.2) is 9.97 Å². The van der Waals surface area contributed by atoms with Gasteiger partial charge >= 0.3 is 0 Å². The second-order valence-corrected chi connectivity index (χ2v) is 5.37. The minimum Gasteiger partial charge on any atom is -0.245 e. The molecule has 0 aromatic carbocycles. The van der Waals surface area contributed by atoms with E-state index in [9.17, 15) is 0 Å². The molecule has 0 radical (unpaired) electrons. The third-order valence-electron chi connectivity index (χ3n) is 3.47. The van der Waals surface area contributed by atoms with Gasteiger partial charge in [-0.3, -0.25) is 0 Å². The topological polar surface area (TPSA) is 25.8 Å². The lowest BCUT2D eigenvalue weighted by Gasteiger charge is -2.23. The van der Waals surface area contributed by atoms with E-state index in [4.69, 9.17) is 0 Å². The van der Waals surface area contributed by atoms with E-state index in [0.29, 0.717) is 5.41 Å². The molecule has 2 rings (SSSR count). The van der Waals surface area contributed by atoms with E-state index in [1.165, 1.54) is 36.9 Å². The molecule has 0 atom stereocenters. The number of rotatable bonds is 0. The summed E-state index contributed by atoms with van der Waals surface area (Å²) in [5.74, 6) is 0. The van der Waals surface area contributed by atoms with Crippen LogP contribution in [0.15, 0.2) is 12.5 Å². The van der Waals surface area contributed by atoms with Gasteiger partial charge in [-0.15, -0.1) is 0 Å². The Hall–Kier alpha value is -0.920. The Morgan fingerprint density at radius 2 is 2.00 bits per heavy atom. The molecule has 1 heterocycles. The van der Waals surface area contributed by atoms with Crippen LogP contribution in [0.5, 0.6) is 0 Å². The third kappa shape index (κ3) is 2.77. The van der Waals surface area contributed by atoms with Gasteiger partial charge in [0.2, 0.25) is 0 Å². The zero-order valence-electron chi connectivity index (χ0n) is 9.79. The largest absolute Gasteiger partial charge is 0.245 e. The molecule has 1 aliphatic carbocycles. The summed E-state index contributed by atoms with van der Waals surface area (Å²) in [7, 11) is 0. The lowest BCUT2D eigenvalue weighted by atomic mass is 9.83. The summed E-state index contributed by atoms with van der Waals surface area (Å²) in [6.45, 7) is 4.75. The van der Waals surface area contributed by atoms with Crippen LogP contribution in [0.3, 0.4) is 0 Å². The number of hydrogen-bond donors (Lipinski definition) is 0. The van der Waals surface area contributed by atoms with Crippen LogP contribution in [-0.4, -0.2) is 9.97 Å². The standard InChI is InChI=1S/C13H20N2/c1-13(2)7-4-3-5-11-9-14-10-15-12(11)6-8-13/h9-10H,3-8H2,1-2H3. The molecule has 0 bridgehead atoms. The first kappa shape index (κ1) is 10.6. The Labute approximate surface area is 92.1 Å². The van der Waals surface area contributed by atoms with Crippen molar-refractivity contribution in [3.8, 4) is 0 Å². The first-order valence-electron chi connectivity index (χ1n) is 5.95. The molecule has 0 fully saturated rings. The fourth-order valence-electron chi connectivity index (χ4n) is 2.32. The molecule has 0 saturated heterocycles. The first-order valence-corrected chi connectivity index (χ1v) is 5.95. The van der Waals surface area contributed by atoms with E-state index < -0.39 is 0 Å². The van der Waals surface area contributed by atoms with Gasteiger partial charge in [-0.2, -0.15) is 0 Å². The van der Waals surface area contributed by atoms with Crippen LogP contribution < -0.4 is 0 Å². The summed E-state index contributed by atoms with van der Waals surface area (Å²) in [5, 5.41) is 0. The molecule has 2 nitrogen and oxygen atoms in total. The van der Waals surface area contributed by atoms with Gasteiger partial charge in [0.15, 0.2) is 0 Å². The van der Waals surface area contributed by atoms with Gasteiger partial charge < -0.3 is 0 Å². The van der Waals surface area contributed by atoms with Crippen molar-refractivity contribution < 1.29 is 0 Å². The molecule has 1 aliphatic rings. The van der Waals surface area contributed by atoms with Crippen LogP contribution in [-0.2, 0) is 12.8 Å². The SMILES string of the molecule is CC1(C)CCCCc2cncnc2CC1. The zero-order chi connectivity index (χ0) is 10.7. The zero-order valence-corrected chi connectivity index (χ0v) is 9.79. The highest BCUT2D eigenvalue weighted by Gasteiger charge is 2.20. The van der Waals surface area contributed by atoms with Gasteiger partial charge in [-0.1, -0.05) is 20.3 Å². The molecular formula is C13H20N2. The fraction of sp³-hybridized carbons (Fsp3) is 0.692. The van der Waals surface area contributed by atoms with Crippen LogP contribution in [0.1, 0.15) is 50.8 Å². The number of nitrogens with zero attached hydrogens (tertiary/aromatic N) is 2. The maximum absolute atomic E-state index is 4.42. The molecule has 0 spiro atoms. The van der Waals surface area contributed by atoms with E-state index in [-0.39, 0.29) is 0 Å². The lowest BCUT2D eigenvalue weighted by Crippen LogP contribution is -2.12. The molecule has 82 valence electrons. The Morgan fingerprint density at radius 3 is 2.87 bits per heavy atom. The predicted octanol–water partition coefficient (Wildman–Crippen LogP) is 3.16. The number of fused-ring (bicyclic) bond motifs is 1. The Balaban J connectivity index is 2.19. The minimum absolute atomic E-state index is 0.479. The maximum Gasteiger partial charge on any atom is 0.115 e. The van der Waals surface area contributed by atoms with Crippen molar-refractivity contribution >= 4 is 0 Å². The summed E-state index contributed by atoms with van der Waals surface area (Å²) >= 11 is 0. The summed E-state index contributed by atoms with van der Waals surface area (Å²) in [6.07, 6.45) is 11.2. The van der Waals surface area contributed by atoms with Crippen molar-refractivity contribution in [2.75, 3.05) is 0 Å². The van der Waals surface area contributed by atoms with Crippen LogP contribution in [0.25, 0.3) is 0 Å². The minimum atomic E-state index is 0.479. The summed E-state index contributed by atoms with van der Waals surface area (Å²) in [4.78, 5) is 8.54. The van der Waals surface area contributed by atoms with Gasteiger partial charge in [0.1, 0.15) is 6.33 Å². The van der Waals surface area contributed by atoms with E-state index in [1.54, 1.807) is 6.33 Å². The Bertz CT molecular complexity index is 331. The van der Waals surface area contributed by atoms with E-state index >= 15 is 0 Å². The molecule has 15 heavy (non-hydrogen) atoms. The highest BCUT2D eigenvalue weighted by Crippen LogP contribution is 2.31. The Morgan fingerprint density at radius 1 is 1.13 bits per heavy atom. The van der Waals surface area contributed by atoms with Crippen molar-refractivity contribution in [3.63, 3.8) is 0 Å². The molecule has 0 amide bonds. The summed E-state index contributed by atoms with van der Waals surface area (Å²) in [5.41, 5.74) is 3.13. The monoisotopic (exact) mass is 204 g/mol. The van der Waals surface area contributed by atoms with Gasteiger partial charge in [0.05, 0.1) is 0 Å². The Kier molecular flexibility index (Phi) is 3.03. The average Bonchev–Trinajstić information content (AvgIpc) is 2.29. The average molecular weight is 204 g/mol. The van der Waals surface area contributed by atoms with E-state index in [1.807, 2.05) is 6.20 Å². The van der Waals surface area contributed by atoms with Gasteiger partial charge in [0.25, 0.3) is 0 Å². The summed E-state index contributed by atoms with van der Waals surface area (Å²) < 4.78 is 0. The van der Waals surface area contributed by atoms with E-state index in [2.05, 4.69) is 23.8 Å². The van der Waals surface area contributed by atoms with Crippen molar-refractivity contribution in [2.45, 2.75) is 52.4 Å². The summed E-state index contributed by atoms with van der Waals surface area (Å²) in [6, 6.07) is 0. The molecule has 0 saturated carbocycles. The van der Waals surface area contributed by atoms with Gasteiger partial charge in [0, 0.05) is 11.9 Å². The lowest BCUT2D eigenvalue weighted by molar-refractivity contribution is 0.298. The molecular weight excluding hydrogens is 184 g/mol. The highest BCUT2D eigenvalue weighted by molar-refractivity contribution is 5.16. The highest BCUT2D eigenvalue weighted by atomic mass is 14.8. The van der Waals surface area contributed by atoms with Crippen molar-refractivity contribution in [1.29, 1.82) is 0 Å². The van der Waals surface area contributed by atoms with Crippen molar-refractivity contribution in [2.24, 2.45) is 5.41 Å². The molecule has 1 aromatic heterocycles. The fourth-order valence-corrected chi connectivity index (χ4v) is 2.32. The quantitative estimate of drug-likeness (QED) is 0.648. The molecule has 2 heteroatoms. The van der Waals surface area contributed by atoms with Crippen molar-refractivity contribution in [3.05, 3.63) is 23.8 Å². The molecule has 0 aliphatic heterocycles. The maximum atomic E-state index is 4.42.